The molecule has 1 aliphatic heterocycles. The van der Waals surface area contributed by atoms with Gasteiger partial charge in [0, 0.05) is 55.3 Å². The molecule has 1 aromatic heterocycles. The van der Waals surface area contributed by atoms with Gasteiger partial charge in [-0.3, -0.25) is 14.4 Å². The number of rotatable bonds is 11. The Balaban J connectivity index is 1.75. The minimum atomic E-state index is -1.05. The number of aromatic nitrogens is 1. The van der Waals surface area contributed by atoms with E-state index >= 15 is 0 Å². The zero-order valence-electron chi connectivity index (χ0n) is 28.6. The van der Waals surface area contributed by atoms with Crippen LogP contribution in [0.15, 0.2) is 35.9 Å². The lowest BCUT2D eigenvalue weighted by Gasteiger charge is -2.24. The second kappa shape index (κ2) is 18.0. The number of esters is 1. The van der Waals surface area contributed by atoms with Crippen molar-refractivity contribution in [2.24, 2.45) is 0 Å². The monoisotopic (exact) mass is 709 g/mol. The molecule has 3 aromatic rings. The Kier molecular flexibility index (Phi) is 13.6. The van der Waals surface area contributed by atoms with Crippen molar-refractivity contribution in [2.45, 2.75) is 70.3 Å². The number of hydrogen-bond acceptors (Lipinski definition) is 12. The topological polar surface area (TPSA) is 183 Å². The van der Waals surface area contributed by atoms with Gasteiger partial charge in [0.1, 0.15) is 22.8 Å². The Bertz CT molecular complexity index is 1680. The summed E-state index contributed by atoms with van der Waals surface area (Å²) in [5, 5.41) is 30.9. The number of aromatic hydroxyl groups is 2. The lowest BCUT2D eigenvalue weighted by atomic mass is 9.84. The smallest absolute Gasteiger partial charge is 0.342 e. The van der Waals surface area contributed by atoms with Gasteiger partial charge in [0.05, 0.1) is 27.4 Å². The lowest BCUT2D eigenvalue weighted by Crippen LogP contribution is -2.29. The van der Waals surface area contributed by atoms with Gasteiger partial charge in [-0.2, -0.15) is 0 Å². The van der Waals surface area contributed by atoms with Crippen molar-refractivity contribution in [3.05, 3.63) is 58.1 Å². The number of carbonyl (C=O) groups is 4. The number of anilines is 1. The van der Waals surface area contributed by atoms with Crippen molar-refractivity contribution in [2.75, 3.05) is 33.2 Å². The van der Waals surface area contributed by atoms with Crippen molar-refractivity contribution < 1.29 is 48.3 Å². The molecule has 0 aliphatic carbocycles. The van der Waals surface area contributed by atoms with Crippen molar-refractivity contribution in [3.63, 3.8) is 0 Å². The first-order valence-electron chi connectivity index (χ1n) is 16.3. The number of allylic oxidation sites excluding steroid dienone is 1. The first-order valence-corrected chi connectivity index (χ1v) is 17.2. The molecule has 2 aromatic carbocycles. The van der Waals surface area contributed by atoms with Gasteiger partial charge in [-0.05, 0) is 61.9 Å². The maximum absolute atomic E-state index is 13.7. The second-order valence-corrected chi connectivity index (χ2v) is 12.7. The molecule has 268 valence electrons. The van der Waals surface area contributed by atoms with E-state index in [9.17, 15) is 29.4 Å². The van der Waals surface area contributed by atoms with E-state index < -0.39 is 29.6 Å². The van der Waals surface area contributed by atoms with E-state index in [2.05, 4.69) is 15.6 Å². The molecule has 4 rings (SSSR count). The maximum Gasteiger partial charge on any atom is 0.342 e. The number of nitrogens with zero attached hydrogens (tertiary/aromatic N) is 1. The van der Waals surface area contributed by atoms with Gasteiger partial charge in [-0.25, -0.2) is 9.78 Å². The summed E-state index contributed by atoms with van der Waals surface area (Å²) in [5.41, 5.74) is 0.332. The summed E-state index contributed by atoms with van der Waals surface area (Å²) in [6.07, 6.45) is 6.99. The van der Waals surface area contributed by atoms with Crippen molar-refractivity contribution in [1.82, 2.24) is 10.3 Å². The summed E-state index contributed by atoms with van der Waals surface area (Å²) in [4.78, 5) is 55.7. The number of amides is 2. The van der Waals surface area contributed by atoms with Gasteiger partial charge < -0.3 is 39.8 Å². The number of carbonyl (C=O) groups excluding carboxylic acids is 4. The van der Waals surface area contributed by atoms with E-state index in [1.165, 1.54) is 38.7 Å². The minimum Gasteiger partial charge on any atom is -0.507 e. The molecule has 13 nitrogen and oxygen atoms in total. The van der Waals surface area contributed by atoms with Crippen LogP contribution < -0.4 is 24.8 Å². The number of benzene rings is 2. The molecule has 0 radical (unpaired) electrons. The van der Waals surface area contributed by atoms with Crippen LogP contribution >= 0.6 is 11.3 Å². The Morgan fingerprint density at radius 1 is 1.04 bits per heavy atom. The van der Waals surface area contributed by atoms with Gasteiger partial charge >= 0.3 is 5.97 Å². The highest BCUT2D eigenvalue weighted by molar-refractivity contribution is 7.13. The van der Waals surface area contributed by atoms with Crippen LogP contribution in [0.2, 0.25) is 0 Å². The molecule has 14 heteroatoms. The molecule has 0 bridgehead atoms. The first kappa shape index (κ1) is 37.7. The number of hydrogen-bond donors (Lipinski definition) is 4. The average molecular weight is 710 g/mol. The van der Waals surface area contributed by atoms with Gasteiger partial charge in [-0.1, -0.05) is 12.2 Å². The molecule has 2 atom stereocenters. The molecule has 0 saturated heterocycles. The molecule has 1 aliphatic rings. The third-order valence-corrected chi connectivity index (χ3v) is 8.92. The van der Waals surface area contributed by atoms with Crippen LogP contribution in [-0.2, 0) is 19.1 Å². The molecular weight excluding hydrogens is 666 g/mol. The normalized spacial score (nSPS) is 16.0. The lowest BCUT2D eigenvalue weighted by molar-refractivity contribution is -0.121. The summed E-state index contributed by atoms with van der Waals surface area (Å²) in [7, 11) is 4.30. The van der Waals surface area contributed by atoms with Crippen LogP contribution in [0.5, 0.6) is 28.7 Å². The number of thiazole rings is 1. The van der Waals surface area contributed by atoms with Crippen LogP contribution in [0.1, 0.15) is 91.3 Å². The maximum atomic E-state index is 13.7. The zero-order valence-corrected chi connectivity index (χ0v) is 29.4. The number of fused-ring (bicyclic) bond motifs is 1. The van der Waals surface area contributed by atoms with Gasteiger partial charge in [0.2, 0.25) is 17.6 Å². The molecule has 0 spiro atoms. The molecule has 0 fully saturated rings. The van der Waals surface area contributed by atoms with E-state index in [4.69, 9.17) is 18.9 Å². The number of Topliss-reactive ketones (excluding diaryl/α,β-unsaturated/α-hetero) is 1. The highest BCUT2D eigenvalue weighted by Crippen LogP contribution is 2.47. The van der Waals surface area contributed by atoms with Crippen LogP contribution in [-0.4, -0.2) is 72.7 Å². The predicted molar refractivity (Wildman–Crippen MR) is 187 cm³/mol. The summed E-state index contributed by atoms with van der Waals surface area (Å²) in [6, 6.07) is 4.52. The summed E-state index contributed by atoms with van der Waals surface area (Å²) in [5.74, 6) is -2.69. The molecule has 4 N–H and O–H groups in total. The quantitative estimate of drug-likeness (QED) is 0.179. The fourth-order valence-electron chi connectivity index (χ4n) is 5.75. The first-order chi connectivity index (χ1) is 24.1. The van der Waals surface area contributed by atoms with Crippen molar-refractivity contribution >= 4 is 46.1 Å². The predicted octanol–water partition coefficient (Wildman–Crippen LogP) is 5.73. The Morgan fingerprint density at radius 2 is 1.76 bits per heavy atom. The second-order valence-electron chi connectivity index (χ2n) is 11.8. The summed E-state index contributed by atoms with van der Waals surface area (Å²) in [6.45, 7) is 1.71. The number of ketones is 1. The van der Waals surface area contributed by atoms with Crippen molar-refractivity contribution in [1.29, 1.82) is 0 Å². The Labute approximate surface area is 294 Å². The van der Waals surface area contributed by atoms with E-state index in [0.29, 0.717) is 49.2 Å². The molecular formula is C36H43N3O10S. The number of nitrogens with one attached hydrogen (secondary N) is 2. The van der Waals surface area contributed by atoms with Crippen LogP contribution in [0, 0.1) is 0 Å². The van der Waals surface area contributed by atoms with E-state index in [0.717, 1.165) is 0 Å². The van der Waals surface area contributed by atoms with Crippen LogP contribution in [0.3, 0.4) is 0 Å². The van der Waals surface area contributed by atoms with E-state index in [1.54, 1.807) is 42.8 Å². The van der Waals surface area contributed by atoms with Gasteiger partial charge in [0.25, 0.3) is 0 Å². The molecule has 1 unspecified atom stereocenters. The molecule has 0 saturated carbocycles. The Morgan fingerprint density at radius 3 is 2.42 bits per heavy atom. The zero-order chi connectivity index (χ0) is 36.2. The van der Waals surface area contributed by atoms with E-state index in [1.807, 2.05) is 0 Å². The highest BCUT2D eigenvalue weighted by Gasteiger charge is 2.32. The minimum absolute atomic E-state index is 0.000769. The average Bonchev–Trinajstić information content (AvgIpc) is 3.59. The number of methoxy groups -OCH3 is 3. The molecule has 50 heavy (non-hydrogen) atoms. The summed E-state index contributed by atoms with van der Waals surface area (Å²) >= 11 is 1.27. The summed E-state index contributed by atoms with van der Waals surface area (Å²) < 4.78 is 22.3. The largest absolute Gasteiger partial charge is 0.507 e. The number of cyclic esters (lactones) is 1. The number of phenols is 2. The molecule has 2 amide bonds. The number of ether oxygens (including phenoxy) is 4. The molecule has 2 heterocycles. The van der Waals surface area contributed by atoms with Crippen LogP contribution in [0.4, 0.5) is 5.13 Å². The fourth-order valence-corrected chi connectivity index (χ4v) is 6.29. The third-order valence-electron chi connectivity index (χ3n) is 8.23. The fraction of sp³-hybridized carbons (Fsp3) is 0.417. The Hall–Kier alpha value is -5.11. The highest BCUT2D eigenvalue weighted by atomic mass is 32.1. The van der Waals surface area contributed by atoms with Crippen LogP contribution in [0.25, 0.3) is 6.08 Å². The number of phenolic OH excluding ortho intramolecular Hbond substituents is 2. The van der Waals surface area contributed by atoms with E-state index in [-0.39, 0.29) is 70.8 Å². The van der Waals surface area contributed by atoms with Crippen molar-refractivity contribution in [3.8, 4) is 28.7 Å². The van der Waals surface area contributed by atoms with Gasteiger partial charge in [0.15, 0.2) is 16.6 Å². The SMILES string of the molecule is COc1cc(C(CC(=O)NCCC(=O)Nc2nccs2)c2c(O)cc3c(c2O)C(=O)O[C@@H](C)CCCC(=O)CCCC=C3)cc(OC)c1OC. The standard InChI is InChI=1S/C36H43N3O10S/c1-21-9-8-12-24(40)11-7-5-6-10-22-17-26(41)32(33(44)31(22)35(45)49-21)25(23-18-27(46-2)34(48-4)28(19-23)47-3)20-30(43)37-14-13-29(42)39-36-38-15-16-50-36/h6,10,15-19,21,25,41,44H,5,7-9,11-14,20H2,1-4H3,(H,37,43)(H,38,39,42)/t21-,25?/m0/s1. The third kappa shape index (κ3) is 9.74. The van der Waals surface area contributed by atoms with Gasteiger partial charge in [-0.15, -0.1) is 11.3 Å².